The molecule has 2 aromatic carbocycles. The van der Waals surface area contributed by atoms with Gasteiger partial charge >= 0.3 is 0 Å². The Morgan fingerprint density at radius 2 is 1.80 bits per heavy atom. The van der Waals surface area contributed by atoms with Gasteiger partial charge in [0, 0.05) is 19.6 Å². The second kappa shape index (κ2) is 7.66. The molecule has 25 heavy (non-hydrogen) atoms. The van der Waals surface area contributed by atoms with Gasteiger partial charge in [-0.3, -0.25) is 4.79 Å². The van der Waals surface area contributed by atoms with Crippen molar-refractivity contribution in [2.24, 2.45) is 0 Å². The molecular formula is C20H23FN2O2. The van der Waals surface area contributed by atoms with Crippen molar-refractivity contribution < 1.29 is 13.9 Å². The number of likely N-dealkylation sites (N-methyl/N-ethyl adjacent to an activating group) is 1. The zero-order chi connectivity index (χ0) is 17.8. The van der Waals surface area contributed by atoms with E-state index < -0.39 is 6.10 Å². The highest BCUT2D eigenvalue weighted by atomic mass is 19.1. The van der Waals surface area contributed by atoms with Crippen molar-refractivity contribution in [1.82, 2.24) is 9.80 Å². The fourth-order valence-corrected chi connectivity index (χ4v) is 3.14. The highest BCUT2D eigenvalue weighted by Gasteiger charge is 2.33. The molecular weight excluding hydrogens is 319 g/mol. The molecule has 0 bridgehead atoms. The maximum absolute atomic E-state index is 13.0. The molecule has 0 aromatic heterocycles. The smallest absolute Gasteiger partial charge is 0.263 e. The highest BCUT2D eigenvalue weighted by Crippen LogP contribution is 2.26. The SMILES string of the molecule is C[C@H](Oc1ccc(F)cc1)C(=O)N1CCN(C)C[C@H]1c1ccccc1. The van der Waals surface area contributed by atoms with Crippen LogP contribution in [0.4, 0.5) is 4.39 Å². The van der Waals surface area contributed by atoms with Gasteiger partial charge in [0.05, 0.1) is 6.04 Å². The van der Waals surface area contributed by atoms with Crippen molar-refractivity contribution in [2.75, 3.05) is 26.7 Å². The normalized spacial score (nSPS) is 19.5. The van der Waals surface area contributed by atoms with E-state index in [4.69, 9.17) is 4.74 Å². The van der Waals surface area contributed by atoms with Crippen molar-refractivity contribution >= 4 is 5.91 Å². The van der Waals surface area contributed by atoms with E-state index >= 15 is 0 Å². The van der Waals surface area contributed by atoms with Gasteiger partial charge in [0.2, 0.25) is 0 Å². The van der Waals surface area contributed by atoms with Crippen LogP contribution in [0.2, 0.25) is 0 Å². The van der Waals surface area contributed by atoms with Crippen LogP contribution in [-0.4, -0.2) is 48.5 Å². The lowest BCUT2D eigenvalue weighted by Gasteiger charge is -2.41. The zero-order valence-corrected chi connectivity index (χ0v) is 14.6. The average Bonchev–Trinajstić information content (AvgIpc) is 2.63. The lowest BCUT2D eigenvalue weighted by atomic mass is 10.0. The third-order valence-corrected chi connectivity index (χ3v) is 4.53. The predicted molar refractivity (Wildman–Crippen MR) is 94.9 cm³/mol. The number of carbonyl (C=O) groups is 1. The molecule has 4 nitrogen and oxygen atoms in total. The Labute approximate surface area is 147 Å². The maximum Gasteiger partial charge on any atom is 0.263 e. The molecule has 2 atom stereocenters. The van der Waals surface area contributed by atoms with Crippen molar-refractivity contribution in [2.45, 2.75) is 19.1 Å². The first kappa shape index (κ1) is 17.4. The Hall–Kier alpha value is -2.40. The summed E-state index contributed by atoms with van der Waals surface area (Å²) in [6.45, 7) is 4.02. The number of halogens is 1. The van der Waals surface area contributed by atoms with Crippen LogP contribution >= 0.6 is 0 Å². The van der Waals surface area contributed by atoms with E-state index in [9.17, 15) is 9.18 Å². The number of ether oxygens (including phenoxy) is 1. The predicted octanol–water partition coefficient (Wildman–Crippen LogP) is 3.11. The van der Waals surface area contributed by atoms with Gasteiger partial charge < -0.3 is 14.5 Å². The monoisotopic (exact) mass is 342 g/mol. The average molecular weight is 342 g/mol. The van der Waals surface area contributed by atoms with E-state index in [1.54, 1.807) is 6.92 Å². The summed E-state index contributed by atoms with van der Waals surface area (Å²) in [5, 5.41) is 0. The minimum Gasteiger partial charge on any atom is -0.481 e. The van der Waals surface area contributed by atoms with Crippen LogP contribution < -0.4 is 4.74 Å². The molecule has 1 fully saturated rings. The molecule has 0 saturated carbocycles. The summed E-state index contributed by atoms with van der Waals surface area (Å²) in [7, 11) is 2.07. The van der Waals surface area contributed by atoms with Gasteiger partial charge in [-0.25, -0.2) is 4.39 Å². The van der Waals surface area contributed by atoms with Gasteiger partial charge in [-0.2, -0.15) is 0 Å². The first-order valence-electron chi connectivity index (χ1n) is 8.51. The summed E-state index contributed by atoms with van der Waals surface area (Å²) in [6.07, 6.45) is -0.625. The topological polar surface area (TPSA) is 32.8 Å². The van der Waals surface area contributed by atoms with E-state index in [1.165, 1.54) is 24.3 Å². The van der Waals surface area contributed by atoms with Crippen molar-refractivity contribution in [3.05, 3.63) is 66.0 Å². The lowest BCUT2D eigenvalue weighted by Crippen LogP contribution is -2.52. The Kier molecular flexibility index (Phi) is 5.34. The van der Waals surface area contributed by atoms with Gasteiger partial charge in [-0.05, 0) is 43.8 Å². The van der Waals surface area contributed by atoms with Crippen LogP contribution in [0.25, 0.3) is 0 Å². The third kappa shape index (κ3) is 4.17. The van der Waals surface area contributed by atoms with Gasteiger partial charge in [0.25, 0.3) is 5.91 Å². The number of hydrogen-bond donors (Lipinski definition) is 0. The van der Waals surface area contributed by atoms with Crippen LogP contribution in [0.3, 0.4) is 0 Å². The summed E-state index contributed by atoms with van der Waals surface area (Å²) in [4.78, 5) is 17.1. The van der Waals surface area contributed by atoms with Crippen molar-refractivity contribution in [1.29, 1.82) is 0 Å². The van der Waals surface area contributed by atoms with E-state index in [1.807, 2.05) is 23.1 Å². The Morgan fingerprint density at radius 3 is 2.48 bits per heavy atom. The van der Waals surface area contributed by atoms with Gasteiger partial charge in [-0.1, -0.05) is 30.3 Å². The Morgan fingerprint density at radius 1 is 1.12 bits per heavy atom. The molecule has 1 heterocycles. The number of benzene rings is 2. The first-order chi connectivity index (χ1) is 12.0. The zero-order valence-electron chi connectivity index (χ0n) is 14.6. The summed E-state index contributed by atoms with van der Waals surface area (Å²) in [5.41, 5.74) is 1.12. The number of carbonyl (C=O) groups excluding carboxylic acids is 1. The summed E-state index contributed by atoms with van der Waals surface area (Å²) >= 11 is 0. The second-order valence-corrected chi connectivity index (χ2v) is 6.43. The molecule has 5 heteroatoms. The molecule has 132 valence electrons. The van der Waals surface area contributed by atoms with E-state index in [-0.39, 0.29) is 17.8 Å². The molecule has 3 rings (SSSR count). The fraction of sp³-hybridized carbons (Fsp3) is 0.350. The molecule has 2 aromatic rings. The molecule has 0 N–H and O–H groups in total. The number of piperazine rings is 1. The lowest BCUT2D eigenvalue weighted by molar-refractivity contribution is -0.143. The van der Waals surface area contributed by atoms with Crippen LogP contribution in [0.15, 0.2) is 54.6 Å². The molecule has 1 saturated heterocycles. The molecule has 0 aliphatic carbocycles. The van der Waals surface area contributed by atoms with Crippen molar-refractivity contribution in [3.8, 4) is 5.75 Å². The fourth-order valence-electron chi connectivity index (χ4n) is 3.14. The molecule has 0 radical (unpaired) electrons. The van der Waals surface area contributed by atoms with Crippen LogP contribution in [0.5, 0.6) is 5.75 Å². The molecule has 0 unspecified atom stereocenters. The minimum absolute atomic E-state index is 0.00622. The Bertz CT molecular complexity index is 705. The van der Waals surface area contributed by atoms with Crippen LogP contribution in [0, 0.1) is 5.82 Å². The van der Waals surface area contributed by atoms with Gasteiger partial charge in [0.15, 0.2) is 6.10 Å². The first-order valence-corrected chi connectivity index (χ1v) is 8.51. The van der Waals surface area contributed by atoms with Crippen LogP contribution in [-0.2, 0) is 4.79 Å². The molecule has 1 aliphatic heterocycles. The standard InChI is InChI=1S/C20H23FN2O2/c1-15(25-18-10-8-17(21)9-11-18)20(24)23-13-12-22(2)14-19(23)16-6-4-3-5-7-16/h3-11,15,19H,12-14H2,1-2H3/t15-,19-/m0/s1. The highest BCUT2D eigenvalue weighted by molar-refractivity contribution is 5.81. The van der Waals surface area contributed by atoms with E-state index in [2.05, 4.69) is 24.1 Å². The van der Waals surface area contributed by atoms with E-state index in [0.29, 0.717) is 12.3 Å². The molecule has 1 aliphatic rings. The number of nitrogens with zero attached hydrogens (tertiary/aromatic N) is 2. The number of hydrogen-bond acceptors (Lipinski definition) is 3. The Balaban J connectivity index is 1.75. The minimum atomic E-state index is -0.625. The van der Waals surface area contributed by atoms with Crippen molar-refractivity contribution in [3.63, 3.8) is 0 Å². The van der Waals surface area contributed by atoms with Crippen LogP contribution in [0.1, 0.15) is 18.5 Å². The summed E-state index contributed by atoms with van der Waals surface area (Å²) in [5.74, 6) is 0.119. The second-order valence-electron chi connectivity index (χ2n) is 6.43. The molecule has 0 spiro atoms. The summed E-state index contributed by atoms with van der Waals surface area (Å²) in [6, 6.07) is 15.8. The maximum atomic E-state index is 13.0. The van der Waals surface area contributed by atoms with E-state index in [0.717, 1.165) is 18.7 Å². The largest absolute Gasteiger partial charge is 0.481 e. The van der Waals surface area contributed by atoms with Gasteiger partial charge in [0.1, 0.15) is 11.6 Å². The van der Waals surface area contributed by atoms with Gasteiger partial charge in [-0.15, -0.1) is 0 Å². The number of amides is 1. The number of rotatable bonds is 4. The summed E-state index contributed by atoms with van der Waals surface area (Å²) < 4.78 is 18.7. The quantitative estimate of drug-likeness (QED) is 0.856. The molecule has 1 amide bonds. The third-order valence-electron chi connectivity index (χ3n) is 4.53.